The van der Waals surface area contributed by atoms with E-state index in [1.165, 1.54) is 18.2 Å². The summed E-state index contributed by atoms with van der Waals surface area (Å²) >= 11 is 0. The van der Waals surface area contributed by atoms with Crippen LogP contribution < -0.4 is 5.73 Å². The van der Waals surface area contributed by atoms with E-state index < -0.39 is 12.0 Å². The first-order chi connectivity index (χ1) is 6.56. The number of nitrogens with zero attached hydrogens (tertiary/aromatic N) is 1. The molecule has 0 aliphatic heterocycles. The summed E-state index contributed by atoms with van der Waals surface area (Å²) in [7, 11) is 0. The Balaban J connectivity index is 3.13. The molecule has 0 fully saturated rings. The van der Waals surface area contributed by atoms with E-state index in [4.69, 9.17) is 16.1 Å². The van der Waals surface area contributed by atoms with Crippen LogP contribution in [0.5, 0.6) is 5.75 Å². The first-order valence-electron chi connectivity index (χ1n) is 3.77. The molecule has 72 valence electrons. The predicted molar refractivity (Wildman–Crippen MR) is 47.4 cm³/mol. The Morgan fingerprint density at radius 2 is 2.21 bits per heavy atom. The summed E-state index contributed by atoms with van der Waals surface area (Å²) in [5, 5.41) is 26.4. The third kappa shape index (κ3) is 1.81. The van der Waals surface area contributed by atoms with Crippen molar-refractivity contribution >= 4 is 5.97 Å². The van der Waals surface area contributed by atoms with Crippen LogP contribution >= 0.6 is 0 Å². The molecule has 5 heteroatoms. The fraction of sp³-hybridized carbons (Fsp3) is 0.111. The summed E-state index contributed by atoms with van der Waals surface area (Å²) in [6.45, 7) is 0. The van der Waals surface area contributed by atoms with Crippen LogP contribution in [0.15, 0.2) is 18.2 Å². The minimum atomic E-state index is -1.28. The van der Waals surface area contributed by atoms with E-state index in [0.717, 1.165) is 0 Å². The van der Waals surface area contributed by atoms with Crippen LogP contribution in [0, 0.1) is 11.3 Å². The minimum absolute atomic E-state index is 0.0940. The summed E-state index contributed by atoms with van der Waals surface area (Å²) < 4.78 is 0. The maximum atomic E-state index is 10.5. The fourth-order valence-corrected chi connectivity index (χ4v) is 1.01. The molecular weight excluding hydrogens is 184 g/mol. The monoisotopic (exact) mass is 192 g/mol. The normalized spacial score (nSPS) is 11.7. The topological polar surface area (TPSA) is 107 Å². The Labute approximate surface area is 80.0 Å². The summed E-state index contributed by atoms with van der Waals surface area (Å²) in [5.41, 5.74) is 5.64. The first-order valence-corrected chi connectivity index (χ1v) is 3.77. The molecule has 0 spiro atoms. The molecule has 0 aliphatic rings. The van der Waals surface area contributed by atoms with Gasteiger partial charge in [-0.3, -0.25) is 4.79 Å². The van der Waals surface area contributed by atoms with E-state index in [1.54, 1.807) is 0 Å². The number of phenols is 1. The number of carboxylic acid groups (broad SMARTS) is 1. The number of aromatic hydroxyl groups is 1. The van der Waals surface area contributed by atoms with Gasteiger partial charge in [0.25, 0.3) is 0 Å². The van der Waals surface area contributed by atoms with Gasteiger partial charge in [-0.05, 0) is 12.1 Å². The Bertz CT molecular complexity index is 409. The highest BCUT2D eigenvalue weighted by Crippen LogP contribution is 2.23. The number of aliphatic carboxylic acids is 1. The van der Waals surface area contributed by atoms with Gasteiger partial charge in [-0.15, -0.1) is 0 Å². The van der Waals surface area contributed by atoms with Crippen molar-refractivity contribution in [1.29, 1.82) is 5.26 Å². The van der Waals surface area contributed by atoms with Crippen molar-refractivity contribution in [3.8, 4) is 11.8 Å². The van der Waals surface area contributed by atoms with Gasteiger partial charge in [0.1, 0.15) is 11.8 Å². The largest absolute Gasteiger partial charge is 0.508 e. The molecule has 5 nitrogen and oxygen atoms in total. The van der Waals surface area contributed by atoms with Gasteiger partial charge in [-0.1, -0.05) is 6.07 Å². The summed E-state index contributed by atoms with van der Waals surface area (Å²) in [6, 6.07) is 4.45. The van der Waals surface area contributed by atoms with Crippen LogP contribution in [0.4, 0.5) is 0 Å². The van der Waals surface area contributed by atoms with E-state index in [-0.39, 0.29) is 16.9 Å². The van der Waals surface area contributed by atoms with Gasteiger partial charge < -0.3 is 15.9 Å². The molecule has 0 radical (unpaired) electrons. The zero-order valence-corrected chi connectivity index (χ0v) is 7.14. The van der Waals surface area contributed by atoms with Gasteiger partial charge in [0.05, 0.1) is 11.6 Å². The third-order valence-electron chi connectivity index (χ3n) is 1.76. The van der Waals surface area contributed by atoms with Crippen molar-refractivity contribution in [3.05, 3.63) is 29.3 Å². The summed E-state index contributed by atoms with van der Waals surface area (Å²) in [5.74, 6) is -1.51. The van der Waals surface area contributed by atoms with Crippen LogP contribution in [0.3, 0.4) is 0 Å². The Morgan fingerprint density at radius 1 is 1.57 bits per heavy atom. The highest BCUT2D eigenvalue weighted by Gasteiger charge is 2.17. The zero-order chi connectivity index (χ0) is 10.7. The lowest BCUT2D eigenvalue weighted by atomic mass is 10.0. The van der Waals surface area contributed by atoms with E-state index in [9.17, 15) is 9.90 Å². The predicted octanol–water partition coefficient (Wildman–Crippen LogP) is 0.348. The van der Waals surface area contributed by atoms with E-state index >= 15 is 0 Å². The number of hydrogen-bond donors (Lipinski definition) is 3. The Kier molecular flexibility index (Phi) is 2.70. The zero-order valence-electron chi connectivity index (χ0n) is 7.14. The second-order valence-corrected chi connectivity index (χ2v) is 2.70. The lowest BCUT2D eigenvalue weighted by molar-refractivity contribution is -0.138. The number of nitriles is 1. The Hall–Kier alpha value is -2.06. The molecule has 14 heavy (non-hydrogen) atoms. The second kappa shape index (κ2) is 3.77. The summed E-state index contributed by atoms with van der Waals surface area (Å²) in [6.07, 6.45) is 0. The van der Waals surface area contributed by atoms with Crippen molar-refractivity contribution in [1.82, 2.24) is 0 Å². The first kappa shape index (κ1) is 10.0. The molecule has 1 aromatic carbocycles. The molecule has 1 unspecified atom stereocenters. The molecule has 0 amide bonds. The van der Waals surface area contributed by atoms with Crippen molar-refractivity contribution in [2.24, 2.45) is 5.73 Å². The van der Waals surface area contributed by atoms with Gasteiger partial charge in [-0.2, -0.15) is 5.26 Å². The molecule has 0 saturated carbocycles. The molecule has 0 aliphatic carbocycles. The average molecular weight is 192 g/mol. The minimum Gasteiger partial charge on any atom is -0.508 e. The second-order valence-electron chi connectivity index (χ2n) is 2.70. The molecule has 0 bridgehead atoms. The van der Waals surface area contributed by atoms with Crippen molar-refractivity contribution in [2.75, 3.05) is 0 Å². The van der Waals surface area contributed by atoms with Crippen LogP contribution in [0.25, 0.3) is 0 Å². The lowest BCUT2D eigenvalue weighted by Crippen LogP contribution is -2.20. The molecule has 0 aromatic heterocycles. The van der Waals surface area contributed by atoms with Crippen molar-refractivity contribution < 1.29 is 15.0 Å². The lowest BCUT2D eigenvalue weighted by Gasteiger charge is -2.08. The number of benzene rings is 1. The molecular formula is C9H8N2O3. The number of carbonyl (C=O) groups is 1. The van der Waals surface area contributed by atoms with E-state index in [1.807, 2.05) is 6.07 Å². The quantitative estimate of drug-likeness (QED) is 0.626. The Morgan fingerprint density at radius 3 is 2.64 bits per heavy atom. The highest BCUT2D eigenvalue weighted by molar-refractivity contribution is 5.76. The fourth-order valence-electron chi connectivity index (χ4n) is 1.01. The average Bonchev–Trinajstić information content (AvgIpc) is 2.16. The SMILES string of the molecule is N#Cc1ccc(C(N)C(=O)O)c(O)c1. The smallest absolute Gasteiger partial charge is 0.325 e. The van der Waals surface area contributed by atoms with Crippen LogP contribution in [0.1, 0.15) is 17.2 Å². The van der Waals surface area contributed by atoms with E-state index in [0.29, 0.717) is 0 Å². The molecule has 0 saturated heterocycles. The highest BCUT2D eigenvalue weighted by atomic mass is 16.4. The molecule has 1 rings (SSSR count). The van der Waals surface area contributed by atoms with Crippen LogP contribution in [0.2, 0.25) is 0 Å². The molecule has 1 atom stereocenters. The summed E-state index contributed by atoms with van der Waals surface area (Å²) in [4.78, 5) is 10.5. The van der Waals surface area contributed by atoms with Gasteiger partial charge in [-0.25, -0.2) is 0 Å². The number of phenolic OH excluding ortho intramolecular Hbond substituents is 1. The number of hydrogen-bond acceptors (Lipinski definition) is 4. The van der Waals surface area contributed by atoms with Crippen LogP contribution in [-0.2, 0) is 4.79 Å². The van der Waals surface area contributed by atoms with Crippen LogP contribution in [-0.4, -0.2) is 16.2 Å². The maximum absolute atomic E-state index is 10.5. The number of rotatable bonds is 2. The van der Waals surface area contributed by atoms with Crippen molar-refractivity contribution in [3.63, 3.8) is 0 Å². The van der Waals surface area contributed by atoms with Gasteiger partial charge >= 0.3 is 5.97 Å². The maximum Gasteiger partial charge on any atom is 0.325 e. The van der Waals surface area contributed by atoms with Gasteiger partial charge in [0.2, 0.25) is 0 Å². The van der Waals surface area contributed by atoms with E-state index in [2.05, 4.69) is 0 Å². The molecule has 0 heterocycles. The molecule has 4 N–H and O–H groups in total. The standard InChI is InChI=1S/C9H8N2O3/c10-4-5-1-2-6(7(12)3-5)8(11)9(13)14/h1-3,8,12H,11H2,(H,13,14). The van der Waals surface area contributed by atoms with Crippen molar-refractivity contribution in [2.45, 2.75) is 6.04 Å². The van der Waals surface area contributed by atoms with Gasteiger partial charge in [0.15, 0.2) is 0 Å². The number of nitrogens with two attached hydrogens (primary N) is 1. The van der Waals surface area contributed by atoms with Gasteiger partial charge in [0, 0.05) is 5.56 Å². The molecule has 1 aromatic rings. The third-order valence-corrected chi connectivity index (χ3v) is 1.76. The number of carboxylic acids is 1.